The van der Waals surface area contributed by atoms with E-state index in [1.165, 1.54) is 3.93 Å². The SMILES string of the molecule is CC1(C)C(=O)N(I)C(=O)N1Br. The average Bonchev–Trinajstić information content (AvgIpc) is 2.06. The Morgan fingerprint density at radius 2 is 1.91 bits per heavy atom. The molecule has 0 unspecified atom stereocenters. The molecule has 0 bridgehead atoms. The number of urea groups is 1. The Morgan fingerprint density at radius 1 is 1.45 bits per heavy atom. The molecule has 1 rings (SSSR count). The summed E-state index contributed by atoms with van der Waals surface area (Å²) in [6.07, 6.45) is 0. The number of nitrogens with zero attached hydrogens (tertiary/aromatic N) is 2. The van der Waals surface area contributed by atoms with Gasteiger partial charge in [-0.05, 0) is 13.8 Å². The Balaban J connectivity index is 3.06. The first kappa shape index (κ1) is 9.24. The van der Waals surface area contributed by atoms with Crippen LogP contribution < -0.4 is 0 Å². The van der Waals surface area contributed by atoms with Crippen LogP contribution in [0.4, 0.5) is 4.79 Å². The van der Waals surface area contributed by atoms with Crippen molar-refractivity contribution in [2.75, 3.05) is 0 Å². The number of hydrogen-bond acceptors (Lipinski definition) is 2. The van der Waals surface area contributed by atoms with Crippen LogP contribution in [0.2, 0.25) is 0 Å². The van der Waals surface area contributed by atoms with Gasteiger partial charge < -0.3 is 0 Å². The van der Waals surface area contributed by atoms with Crippen molar-refractivity contribution in [3.8, 4) is 0 Å². The molecule has 0 N–H and O–H groups in total. The van der Waals surface area contributed by atoms with E-state index in [2.05, 4.69) is 16.1 Å². The first-order valence-electron chi connectivity index (χ1n) is 2.89. The van der Waals surface area contributed by atoms with Gasteiger partial charge >= 0.3 is 6.03 Å². The van der Waals surface area contributed by atoms with Gasteiger partial charge in [-0.1, -0.05) is 0 Å². The van der Waals surface area contributed by atoms with Crippen molar-refractivity contribution in [1.82, 2.24) is 7.04 Å². The van der Waals surface area contributed by atoms with Gasteiger partial charge in [0.15, 0.2) is 0 Å². The molecule has 0 atom stereocenters. The van der Waals surface area contributed by atoms with Gasteiger partial charge in [-0.15, -0.1) is 0 Å². The van der Waals surface area contributed by atoms with Gasteiger partial charge in [0.2, 0.25) is 0 Å². The third kappa shape index (κ3) is 1.16. The van der Waals surface area contributed by atoms with E-state index in [1.54, 1.807) is 36.7 Å². The molecule has 0 aromatic heterocycles. The topological polar surface area (TPSA) is 40.6 Å². The molecule has 1 fully saturated rings. The Kier molecular flexibility index (Phi) is 2.17. The molecule has 6 heteroatoms. The highest BCUT2D eigenvalue weighted by molar-refractivity contribution is 14.1. The smallest absolute Gasteiger partial charge is 0.271 e. The molecule has 3 amide bonds. The second-order valence-corrected chi connectivity index (χ2v) is 4.38. The molecule has 1 heterocycles. The van der Waals surface area contributed by atoms with Gasteiger partial charge in [-0.25, -0.2) is 8.72 Å². The van der Waals surface area contributed by atoms with Crippen LogP contribution in [-0.2, 0) is 4.79 Å². The van der Waals surface area contributed by atoms with Crippen molar-refractivity contribution in [2.45, 2.75) is 19.4 Å². The maximum atomic E-state index is 11.3. The summed E-state index contributed by atoms with van der Waals surface area (Å²) in [5.74, 6) is -0.208. The van der Waals surface area contributed by atoms with Gasteiger partial charge in [0, 0.05) is 0 Å². The molecular weight excluding hydrogens is 327 g/mol. The number of amides is 3. The average molecular weight is 333 g/mol. The van der Waals surface area contributed by atoms with E-state index in [1.807, 2.05) is 0 Å². The molecule has 1 aliphatic heterocycles. The fraction of sp³-hybridized carbons (Fsp3) is 0.600. The Labute approximate surface area is 86.7 Å². The summed E-state index contributed by atoms with van der Waals surface area (Å²) in [5, 5.41) is 0. The maximum absolute atomic E-state index is 11.3. The van der Waals surface area contributed by atoms with Gasteiger partial charge in [-0.2, -0.15) is 3.11 Å². The fourth-order valence-corrected chi connectivity index (χ4v) is 2.14. The van der Waals surface area contributed by atoms with Crippen molar-refractivity contribution >= 4 is 51.0 Å². The van der Waals surface area contributed by atoms with Crippen molar-refractivity contribution in [1.29, 1.82) is 0 Å². The number of imide groups is 1. The summed E-state index contributed by atoms with van der Waals surface area (Å²) < 4.78 is 2.31. The van der Waals surface area contributed by atoms with E-state index in [0.717, 1.165) is 3.11 Å². The normalized spacial score (nSPS) is 23.3. The van der Waals surface area contributed by atoms with Crippen LogP contribution in [-0.4, -0.2) is 24.5 Å². The molecule has 62 valence electrons. The first-order valence-corrected chi connectivity index (χ1v) is 4.56. The van der Waals surface area contributed by atoms with Crippen LogP contribution in [0, 0.1) is 0 Å². The van der Waals surface area contributed by atoms with Crippen molar-refractivity contribution in [2.24, 2.45) is 0 Å². The first-order chi connectivity index (χ1) is 4.89. The lowest BCUT2D eigenvalue weighted by Crippen LogP contribution is -2.37. The molecule has 1 aliphatic rings. The van der Waals surface area contributed by atoms with Crippen LogP contribution in [0.25, 0.3) is 0 Å². The zero-order valence-corrected chi connectivity index (χ0v) is 9.71. The molecule has 0 radical (unpaired) electrons. The number of halogens is 2. The summed E-state index contributed by atoms with van der Waals surface area (Å²) in [6.45, 7) is 3.36. The highest BCUT2D eigenvalue weighted by Crippen LogP contribution is 2.32. The van der Waals surface area contributed by atoms with Gasteiger partial charge in [0.1, 0.15) is 5.54 Å². The Hall–Kier alpha value is 0.150. The summed E-state index contributed by atoms with van der Waals surface area (Å²) in [5.41, 5.74) is -0.766. The minimum Gasteiger partial charge on any atom is -0.271 e. The standard InChI is InChI=1S/C5H6BrIN2O2/c1-5(2)3(10)8(7)4(11)9(5)6/h1-2H3. The van der Waals surface area contributed by atoms with E-state index < -0.39 is 5.54 Å². The molecule has 0 aromatic carbocycles. The van der Waals surface area contributed by atoms with Crippen LogP contribution in [0.15, 0.2) is 0 Å². The van der Waals surface area contributed by atoms with Gasteiger partial charge in [0.25, 0.3) is 5.91 Å². The lowest BCUT2D eigenvalue weighted by atomic mass is 10.1. The molecular formula is C5H6BrIN2O2. The van der Waals surface area contributed by atoms with Crippen molar-refractivity contribution in [3.63, 3.8) is 0 Å². The summed E-state index contributed by atoms with van der Waals surface area (Å²) in [6, 6.07) is -0.333. The van der Waals surface area contributed by atoms with Crippen LogP contribution in [0.1, 0.15) is 13.8 Å². The summed E-state index contributed by atoms with van der Waals surface area (Å²) >= 11 is 4.71. The highest BCUT2D eigenvalue weighted by atomic mass is 127. The van der Waals surface area contributed by atoms with E-state index in [4.69, 9.17) is 0 Å². The number of carbonyl (C=O) groups is 2. The summed E-state index contributed by atoms with van der Waals surface area (Å²) in [7, 11) is 0. The maximum Gasteiger partial charge on any atom is 0.346 e. The second-order valence-electron chi connectivity index (χ2n) is 2.71. The second kappa shape index (κ2) is 2.58. The van der Waals surface area contributed by atoms with E-state index in [0.29, 0.717) is 0 Å². The third-order valence-electron chi connectivity index (χ3n) is 1.53. The monoisotopic (exact) mass is 332 g/mol. The van der Waals surface area contributed by atoms with Crippen molar-refractivity contribution < 1.29 is 9.59 Å². The summed E-state index contributed by atoms with van der Waals surface area (Å²) in [4.78, 5) is 22.4. The van der Waals surface area contributed by atoms with E-state index in [9.17, 15) is 9.59 Å². The minimum absolute atomic E-state index is 0.208. The zero-order valence-electron chi connectivity index (χ0n) is 5.97. The zero-order chi connectivity index (χ0) is 8.81. The predicted octanol–water partition coefficient (Wildman–Crippen LogP) is 1.69. The largest absolute Gasteiger partial charge is 0.346 e. The quantitative estimate of drug-likeness (QED) is 0.385. The van der Waals surface area contributed by atoms with Crippen molar-refractivity contribution in [3.05, 3.63) is 0 Å². The van der Waals surface area contributed by atoms with E-state index >= 15 is 0 Å². The lowest BCUT2D eigenvalue weighted by Gasteiger charge is -2.19. The van der Waals surface area contributed by atoms with Crippen LogP contribution in [0.5, 0.6) is 0 Å². The van der Waals surface area contributed by atoms with Crippen LogP contribution in [0.3, 0.4) is 0 Å². The minimum atomic E-state index is -0.766. The Morgan fingerprint density at radius 3 is 2.00 bits per heavy atom. The lowest BCUT2D eigenvalue weighted by molar-refractivity contribution is -0.126. The number of rotatable bonds is 0. The van der Waals surface area contributed by atoms with Gasteiger partial charge in [0.05, 0.1) is 39.0 Å². The highest BCUT2D eigenvalue weighted by Gasteiger charge is 2.49. The predicted molar refractivity (Wildman–Crippen MR) is 51.1 cm³/mol. The third-order valence-corrected chi connectivity index (χ3v) is 3.57. The molecule has 0 aromatic rings. The molecule has 11 heavy (non-hydrogen) atoms. The molecule has 0 saturated carbocycles. The molecule has 0 aliphatic carbocycles. The van der Waals surface area contributed by atoms with Crippen LogP contribution >= 0.6 is 39.0 Å². The number of carbonyl (C=O) groups excluding carboxylic acids is 2. The number of hydrogen-bond donors (Lipinski definition) is 0. The molecule has 0 spiro atoms. The molecule has 1 saturated heterocycles. The van der Waals surface area contributed by atoms with Gasteiger partial charge in [-0.3, -0.25) is 4.79 Å². The Bertz CT molecular complexity index is 231. The fourth-order valence-electron chi connectivity index (χ4n) is 0.727. The molecule has 4 nitrogen and oxygen atoms in total. The van der Waals surface area contributed by atoms with E-state index in [-0.39, 0.29) is 11.9 Å².